The number of aromatic nitrogens is 5. The largest absolute Gasteiger partial charge is 0.337 e. The Morgan fingerprint density at radius 2 is 2.08 bits per heavy atom. The maximum absolute atomic E-state index is 12.4. The van der Waals surface area contributed by atoms with Crippen LogP contribution in [0.2, 0.25) is 0 Å². The van der Waals surface area contributed by atoms with Gasteiger partial charge in [0.25, 0.3) is 0 Å². The summed E-state index contributed by atoms with van der Waals surface area (Å²) in [6.07, 6.45) is 5.48. The molecule has 3 heterocycles. The number of amides is 2. The topological polar surface area (TPSA) is 84.1 Å². The summed E-state index contributed by atoms with van der Waals surface area (Å²) in [5.74, 6) is 0.845. The van der Waals surface area contributed by atoms with Crippen LogP contribution in [0, 0.1) is 6.92 Å². The van der Waals surface area contributed by atoms with E-state index < -0.39 is 0 Å². The van der Waals surface area contributed by atoms with Crippen molar-refractivity contribution < 1.29 is 4.79 Å². The quantitative estimate of drug-likeness (QED) is 0.867. The summed E-state index contributed by atoms with van der Waals surface area (Å²) >= 11 is 0. The normalized spacial score (nSPS) is 16.3. The maximum atomic E-state index is 12.4. The summed E-state index contributed by atoms with van der Waals surface area (Å²) in [5, 5.41) is 15.3. The molecule has 2 aromatic rings. The van der Waals surface area contributed by atoms with Crippen molar-refractivity contribution in [3.8, 4) is 0 Å². The van der Waals surface area contributed by atoms with Gasteiger partial charge in [-0.2, -0.15) is 5.10 Å². The van der Waals surface area contributed by atoms with E-state index in [0.29, 0.717) is 19.6 Å². The number of urea groups is 1. The minimum absolute atomic E-state index is 0.0218. The average molecular weight is 332 g/mol. The highest BCUT2D eigenvalue weighted by Gasteiger charge is 2.24. The van der Waals surface area contributed by atoms with E-state index in [-0.39, 0.29) is 12.1 Å². The molecule has 1 saturated heterocycles. The number of aryl methyl sites for hydroxylation is 2. The molecule has 0 aromatic carbocycles. The van der Waals surface area contributed by atoms with Crippen LogP contribution in [0.1, 0.15) is 12.5 Å². The van der Waals surface area contributed by atoms with Crippen LogP contribution in [0.5, 0.6) is 0 Å². The molecule has 1 fully saturated rings. The molecule has 1 N–H and O–H groups in total. The fraction of sp³-hybridized carbons (Fsp3) is 0.600. The lowest BCUT2D eigenvalue weighted by atomic mass is 10.3. The van der Waals surface area contributed by atoms with Crippen LogP contribution in [0.4, 0.5) is 10.7 Å². The molecule has 0 spiro atoms. The monoisotopic (exact) mass is 332 g/mol. The molecule has 0 aliphatic carbocycles. The van der Waals surface area contributed by atoms with Crippen molar-refractivity contribution in [3.63, 3.8) is 0 Å². The van der Waals surface area contributed by atoms with Gasteiger partial charge in [-0.1, -0.05) is 0 Å². The lowest BCUT2D eigenvalue weighted by Gasteiger charge is -2.35. The summed E-state index contributed by atoms with van der Waals surface area (Å²) in [5.41, 5.74) is 1.12. The lowest BCUT2D eigenvalue weighted by molar-refractivity contribution is 0.189. The molecule has 9 nitrogen and oxygen atoms in total. The minimum Gasteiger partial charge on any atom is -0.337 e. The van der Waals surface area contributed by atoms with Crippen molar-refractivity contribution in [1.82, 2.24) is 34.8 Å². The first-order chi connectivity index (χ1) is 11.5. The molecular formula is C15H24N8O. The minimum atomic E-state index is -0.0241. The third-order valence-electron chi connectivity index (χ3n) is 4.13. The molecule has 9 heteroatoms. The van der Waals surface area contributed by atoms with Crippen LogP contribution in [-0.4, -0.2) is 67.7 Å². The predicted molar refractivity (Wildman–Crippen MR) is 89.7 cm³/mol. The van der Waals surface area contributed by atoms with Gasteiger partial charge < -0.3 is 19.7 Å². The van der Waals surface area contributed by atoms with Gasteiger partial charge in [0.05, 0.1) is 12.7 Å². The van der Waals surface area contributed by atoms with Crippen LogP contribution in [0.25, 0.3) is 0 Å². The SMILES string of the molecule is Cc1cnn(CC(C)NC(=O)N2CCN(c3nncn3C)CC2)c1. The van der Waals surface area contributed by atoms with Crippen LogP contribution >= 0.6 is 0 Å². The third-order valence-corrected chi connectivity index (χ3v) is 4.13. The van der Waals surface area contributed by atoms with E-state index in [1.165, 1.54) is 0 Å². The van der Waals surface area contributed by atoms with Gasteiger partial charge in [-0.05, 0) is 19.4 Å². The molecule has 1 aliphatic heterocycles. The Labute approximate surface area is 141 Å². The Bertz CT molecular complexity index is 685. The number of nitrogens with one attached hydrogen (secondary N) is 1. The first kappa shape index (κ1) is 16.3. The van der Waals surface area contributed by atoms with Gasteiger partial charge in [-0.3, -0.25) is 4.68 Å². The van der Waals surface area contributed by atoms with Crippen molar-refractivity contribution in [1.29, 1.82) is 0 Å². The third kappa shape index (κ3) is 3.66. The molecular weight excluding hydrogens is 308 g/mol. The second-order valence-corrected chi connectivity index (χ2v) is 6.31. The van der Waals surface area contributed by atoms with Gasteiger partial charge in [-0.15, -0.1) is 10.2 Å². The van der Waals surface area contributed by atoms with E-state index in [4.69, 9.17) is 0 Å². The lowest BCUT2D eigenvalue weighted by Crippen LogP contribution is -2.54. The average Bonchev–Trinajstić information content (AvgIpc) is 3.15. The fourth-order valence-corrected chi connectivity index (χ4v) is 2.87. The molecule has 1 unspecified atom stereocenters. The van der Waals surface area contributed by atoms with Gasteiger partial charge in [-0.25, -0.2) is 4.79 Å². The van der Waals surface area contributed by atoms with Crippen molar-refractivity contribution in [2.75, 3.05) is 31.1 Å². The van der Waals surface area contributed by atoms with Gasteiger partial charge in [0.15, 0.2) is 0 Å². The van der Waals surface area contributed by atoms with E-state index in [9.17, 15) is 4.79 Å². The van der Waals surface area contributed by atoms with Crippen LogP contribution in [-0.2, 0) is 13.6 Å². The van der Waals surface area contributed by atoms with Crippen LogP contribution in [0.3, 0.4) is 0 Å². The van der Waals surface area contributed by atoms with Crippen molar-refractivity contribution in [3.05, 3.63) is 24.3 Å². The molecule has 0 radical (unpaired) electrons. The number of carbonyl (C=O) groups excluding carboxylic acids is 1. The molecule has 0 bridgehead atoms. The van der Waals surface area contributed by atoms with Crippen molar-refractivity contribution >= 4 is 12.0 Å². The van der Waals surface area contributed by atoms with Crippen molar-refractivity contribution in [2.24, 2.45) is 7.05 Å². The van der Waals surface area contributed by atoms with Crippen molar-refractivity contribution in [2.45, 2.75) is 26.4 Å². The number of nitrogens with zero attached hydrogens (tertiary/aromatic N) is 7. The molecule has 130 valence electrons. The molecule has 2 aromatic heterocycles. The summed E-state index contributed by atoms with van der Waals surface area (Å²) < 4.78 is 3.75. The van der Waals surface area contributed by atoms with Gasteiger partial charge >= 0.3 is 6.03 Å². The number of carbonyl (C=O) groups is 1. The zero-order valence-electron chi connectivity index (χ0n) is 14.4. The summed E-state index contributed by atoms with van der Waals surface area (Å²) in [6, 6.07) is -0.00226. The summed E-state index contributed by atoms with van der Waals surface area (Å²) in [6.45, 7) is 7.52. The summed E-state index contributed by atoms with van der Waals surface area (Å²) in [7, 11) is 1.92. The Kier molecular flexibility index (Phi) is 4.68. The van der Waals surface area contributed by atoms with Gasteiger partial charge in [0.2, 0.25) is 5.95 Å². The highest BCUT2D eigenvalue weighted by atomic mass is 16.2. The fourth-order valence-electron chi connectivity index (χ4n) is 2.87. The van der Waals surface area contributed by atoms with E-state index in [2.05, 4.69) is 25.5 Å². The molecule has 3 rings (SSSR count). The Morgan fingerprint density at radius 3 is 2.67 bits per heavy atom. The second-order valence-electron chi connectivity index (χ2n) is 6.31. The second kappa shape index (κ2) is 6.90. The highest BCUT2D eigenvalue weighted by Crippen LogP contribution is 2.12. The highest BCUT2D eigenvalue weighted by molar-refractivity contribution is 5.74. The maximum Gasteiger partial charge on any atom is 0.317 e. The van der Waals surface area contributed by atoms with Crippen LogP contribution in [0.15, 0.2) is 18.7 Å². The molecule has 24 heavy (non-hydrogen) atoms. The number of hydrogen-bond acceptors (Lipinski definition) is 5. The number of hydrogen-bond donors (Lipinski definition) is 1. The Hall–Kier alpha value is -2.58. The van der Waals surface area contributed by atoms with E-state index >= 15 is 0 Å². The first-order valence-corrected chi connectivity index (χ1v) is 8.16. The number of anilines is 1. The van der Waals surface area contributed by atoms with Gasteiger partial charge in [0, 0.05) is 45.5 Å². The number of rotatable bonds is 4. The standard InChI is InChI=1S/C15H24N8O/c1-12-8-17-23(9-12)10-13(2)18-15(24)22-6-4-21(5-7-22)14-19-16-11-20(14)3/h8-9,11,13H,4-7,10H2,1-3H3,(H,18,24). The Morgan fingerprint density at radius 1 is 1.33 bits per heavy atom. The first-order valence-electron chi connectivity index (χ1n) is 8.16. The molecule has 0 saturated carbocycles. The van der Waals surface area contributed by atoms with Crippen LogP contribution < -0.4 is 10.2 Å². The van der Waals surface area contributed by atoms with Gasteiger partial charge in [0.1, 0.15) is 6.33 Å². The zero-order valence-corrected chi connectivity index (χ0v) is 14.4. The molecule has 2 amide bonds. The zero-order chi connectivity index (χ0) is 17.1. The predicted octanol–water partition coefficient (Wildman–Crippen LogP) is 0.240. The smallest absolute Gasteiger partial charge is 0.317 e. The van der Waals surface area contributed by atoms with E-state index in [0.717, 1.165) is 24.6 Å². The van der Waals surface area contributed by atoms with E-state index in [1.807, 2.05) is 47.4 Å². The van der Waals surface area contributed by atoms with E-state index in [1.54, 1.807) is 6.33 Å². The summed E-state index contributed by atoms with van der Waals surface area (Å²) in [4.78, 5) is 16.4. The number of piperazine rings is 1. The molecule has 1 atom stereocenters. The Balaban J connectivity index is 1.47. The molecule has 1 aliphatic rings.